The Morgan fingerprint density at radius 1 is 1.04 bits per heavy atom. The average Bonchev–Trinajstić information content (AvgIpc) is 2.68. The van der Waals surface area contributed by atoms with Crippen LogP contribution in [0.25, 0.3) is 0 Å². The lowest BCUT2D eigenvalue weighted by Gasteiger charge is -2.37. The largest absolute Gasteiger partial charge is 0.497 e. The average molecular weight is 356 g/mol. The lowest BCUT2D eigenvalue weighted by Crippen LogP contribution is -2.50. The molecule has 25 heavy (non-hydrogen) atoms. The molecule has 1 fully saturated rings. The van der Waals surface area contributed by atoms with Gasteiger partial charge in [0.1, 0.15) is 5.75 Å². The number of nitrogens with zero attached hydrogens (tertiary/aromatic N) is 2. The van der Waals surface area contributed by atoms with Crippen molar-refractivity contribution < 1.29 is 9.53 Å². The van der Waals surface area contributed by atoms with Crippen molar-refractivity contribution in [3.63, 3.8) is 0 Å². The van der Waals surface area contributed by atoms with E-state index in [0.717, 1.165) is 42.5 Å². The van der Waals surface area contributed by atoms with Crippen molar-refractivity contribution in [2.75, 3.05) is 38.2 Å². The summed E-state index contributed by atoms with van der Waals surface area (Å²) in [5.41, 5.74) is 1.15. The quantitative estimate of drug-likeness (QED) is 0.768. The van der Waals surface area contributed by atoms with Gasteiger partial charge in [0.2, 0.25) is 5.91 Å². The van der Waals surface area contributed by atoms with Gasteiger partial charge >= 0.3 is 0 Å². The topological polar surface area (TPSA) is 32.8 Å². The Bertz CT molecular complexity index is 700. The fourth-order valence-electron chi connectivity index (χ4n) is 3.00. The Morgan fingerprint density at radius 2 is 1.76 bits per heavy atom. The molecule has 1 heterocycles. The normalized spacial score (nSPS) is 15.8. The highest BCUT2D eigenvalue weighted by Crippen LogP contribution is 2.26. The number of amides is 1. The van der Waals surface area contributed by atoms with E-state index in [1.54, 1.807) is 18.9 Å². The lowest BCUT2D eigenvalue weighted by molar-refractivity contribution is -0.130. The number of hydrogen-bond acceptors (Lipinski definition) is 4. The second-order valence-electron chi connectivity index (χ2n) is 6.09. The fourth-order valence-corrected chi connectivity index (χ4v) is 3.98. The number of anilines is 1. The molecule has 1 aliphatic rings. The van der Waals surface area contributed by atoms with E-state index in [-0.39, 0.29) is 11.2 Å². The molecule has 0 radical (unpaired) electrons. The highest BCUT2D eigenvalue weighted by atomic mass is 32.2. The molecule has 2 aromatic rings. The fraction of sp³-hybridized carbons (Fsp3) is 0.350. The first-order valence-electron chi connectivity index (χ1n) is 8.57. The maximum atomic E-state index is 12.7. The van der Waals surface area contributed by atoms with Gasteiger partial charge in [-0.25, -0.2) is 0 Å². The molecule has 1 aliphatic heterocycles. The Balaban J connectivity index is 1.55. The van der Waals surface area contributed by atoms with Gasteiger partial charge in [0, 0.05) is 42.8 Å². The van der Waals surface area contributed by atoms with E-state index in [1.807, 2.05) is 48.2 Å². The number of carbonyl (C=O) groups excluding carboxylic acids is 1. The summed E-state index contributed by atoms with van der Waals surface area (Å²) >= 11 is 1.63. The predicted molar refractivity (Wildman–Crippen MR) is 104 cm³/mol. The molecule has 3 rings (SSSR count). The van der Waals surface area contributed by atoms with Crippen LogP contribution >= 0.6 is 11.8 Å². The van der Waals surface area contributed by atoms with E-state index in [2.05, 4.69) is 23.1 Å². The van der Waals surface area contributed by atoms with E-state index in [1.165, 1.54) is 0 Å². The summed E-state index contributed by atoms with van der Waals surface area (Å²) in [6, 6.07) is 18.2. The summed E-state index contributed by atoms with van der Waals surface area (Å²) in [6.45, 7) is 5.21. The zero-order valence-corrected chi connectivity index (χ0v) is 15.5. The van der Waals surface area contributed by atoms with Crippen LogP contribution in [0.2, 0.25) is 0 Å². The van der Waals surface area contributed by atoms with Crippen LogP contribution in [0.5, 0.6) is 5.75 Å². The Morgan fingerprint density at radius 3 is 2.44 bits per heavy atom. The third kappa shape index (κ3) is 4.48. The minimum Gasteiger partial charge on any atom is -0.497 e. The van der Waals surface area contributed by atoms with E-state index in [0.29, 0.717) is 0 Å². The standard InChI is InChI=1S/C20H24N2O2S/c1-16(25-19-9-4-3-5-10-19)20(23)22-13-11-21(12-14-22)17-7-6-8-18(15-17)24-2/h3-10,15-16H,11-14H2,1-2H3/t16-/m1/s1. The summed E-state index contributed by atoms with van der Waals surface area (Å²) in [5, 5.41) is -0.0641. The number of thioether (sulfide) groups is 1. The molecular formula is C20H24N2O2S. The number of rotatable bonds is 5. The first-order chi connectivity index (χ1) is 12.2. The third-order valence-corrected chi connectivity index (χ3v) is 5.51. The zero-order chi connectivity index (χ0) is 17.6. The van der Waals surface area contributed by atoms with Crippen LogP contribution in [0, 0.1) is 0 Å². The van der Waals surface area contributed by atoms with Crippen LogP contribution in [-0.2, 0) is 4.79 Å². The number of benzene rings is 2. The minimum atomic E-state index is -0.0641. The second kappa shape index (κ2) is 8.30. The molecule has 5 heteroatoms. The number of carbonyl (C=O) groups is 1. The second-order valence-corrected chi connectivity index (χ2v) is 7.50. The molecule has 0 bridgehead atoms. The van der Waals surface area contributed by atoms with Gasteiger partial charge in [0.05, 0.1) is 12.4 Å². The van der Waals surface area contributed by atoms with Crippen molar-refractivity contribution in [1.82, 2.24) is 4.90 Å². The minimum absolute atomic E-state index is 0.0641. The van der Waals surface area contributed by atoms with Gasteiger partial charge in [0.25, 0.3) is 0 Å². The third-order valence-electron chi connectivity index (χ3n) is 4.41. The SMILES string of the molecule is COc1cccc(N2CCN(C(=O)[C@@H](C)Sc3ccccc3)CC2)c1. The highest BCUT2D eigenvalue weighted by Gasteiger charge is 2.25. The summed E-state index contributed by atoms with van der Waals surface area (Å²) in [4.78, 5) is 18.1. The highest BCUT2D eigenvalue weighted by molar-refractivity contribution is 8.00. The maximum Gasteiger partial charge on any atom is 0.235 e. The van der Waals surface area contributed by atoms with Gasteiger partial charge in [-0.05, 0) is 31.2 Å². The molecule has 4 nitrogen and oxygen atoms in total. The van der Waals surface area contributed by atoms with Gasteiger partial charge in [-0.2, -0.15) is 0 Å². The van der Waals surface area contributed by atoms with Gasteiger partial charge in [-0.15, -0.1) is 11.8 Å². The van der Waals surface area contributed by atoms with Crippen molar-refractivity contribution >= 4 is 23.4 Å². The zero-order valence-electron chi connectivity index (χ0n) is 14.7. The smallest absolute Gasteiger partial charge is 0.235 e. The molecule has 1 atom stereocenters. The molecule has 2 aromatic carbocycles. The van der Waals surface area contributed by atoms with Crippen LogP contribution in [-0.4, -0.2) is 49.3 Å². The van der Waals surface area contributed by atoms with Crippen LogP contribution in [0.4, 0.5) is 5.69 Å². The van der Waals surface area contributed by atoms with E-state index in [9.17, 15) is 4.79 Å². The first kappa shape index (κ1) is 17.7. The lowest BCUT2D eigenvalue weighted by atomic mass is 10.2. The summed E-state index contributed by atoms with van der Waals surface area (Å²) in [7, 11) is 1.68. The summed E-state index contributed by atoms with van der Waals surface area (Å²) < 4.78 is 5.30. The molecule has 0 aliphatic carbocycles. The monoisotopic (exact) mass is 356 g/mol. The van der Waals surface area contributed by atoms with Crippen LogP contribution < -0.4 is 9.64 Å². The van der Waals surface area contributed by atoms with Gasteiger partial charge in [-0.3, -0.25) is 4.79 Å². The van der Waals surface area contributed by atoms with Crippen LogP contribution in [0.3, 0.4) is 0 Å². The molecule has 0 spiro atoms. The molecule has 132 valence electrons. The Kier molecular flexibility index (Phi) is 5.87. The van der Waals surface area contributed by atoms with Gasteiger partial charge in [0.15, 0.2) is 0 Å². The predicted octanol–water partition coefficient (Wildman–Crippen LogP) is 3.52. The van der Waals surface area contributed by atoms with Crippen molar-refractivity contribution in [3.8, 4) is 5.75 Å². The summed E-state index contributed by atoms with van der Waals surface area (Å²) in [6.07, 6.45) is 0. The first-order valence-corrected chi connectivity index (χ1v) is 9.45. The number of ether oxygens (including phenoxy) is 1. The molecule has 0 unspecified atom stereocenters. The van der Waals surface area contributed by atoms with E-state index >= 15 is 0 Å². The number of piperazine rings is 1. The molecular weight excluding hydrogens is 332 g/mol. The molecule has 0 N–H and O–H groups in total. The molecule has 1 saturated heterocycles. The van der Waals surface area contributed by atoms with E-state index in [4.69, 9.17) is 4.74 Å². The Hall–Kier alpha value is -2.14. The Labute approximate surface area is 153 Å². The molecule has 1 amide bonds. The summed E-state index contributed by atoms with van der Waals surface area (Å²) in [5.74, 6) is 1.09. The number of methoxy groups -OCH3 is 1. The molecule has 0 saturated carbocycles. The molecule has 0 aromatic heterocycles. The van der Waals surface area contributed by atoms with Crippen molar-refractivity contribution in [2.24, 2.45) is 0 Å². The van der Waals surface area contributed by atoms with E-state index < -0.39 is 0 Å². The maximum absolute atomic E-state index is 12.7. The van der Waals surface area contributed by atoms with Crippen molar-refractivity contribution in [3.05, 3.63) is 54.6 Å². The van der Waals surface area contributed by atoms with Gasteiger partial charge in [-0.1, -0.05) is 24.3 Å². The van der Waals surface area contributed by atoms with Crippen LogP contribution in [0.1, 0.15) is 6.92 Å². The van der Waals surface area contributed by atoms with Crippen molar-refractivity contribution in [2.45, 2.75) is 17.1 Å². The number of hydrogen-bond donors (Lipinski definition) is 0. The van der Waals surface area contributed by atoms with Crippen LogP contribution in [0.15, 0.2) is 59.5 Å². The van der Waals surface area contributed by atoms with Crippen molar-refractivity contribution in [1.29, 1.82) is 0 Å². The van der Waals surface area contributed by atoms with Gasteiger partial charge < -0.3 is 14.5 Å².